The normalized spacial score (nSPS) is 13.5. The molecule has 0 saturated heterocycles. The van der Waals surface area contributed by atoms with E-state index in [1.807, 2.05) is 18.2 Å². The van der Waals surface area contributed by atoms with E-state index in [1.165, 1.54) is 5.56 Å². The van der Waals surface area contributed by atoms with Crippen molar-refractivity contribution in [2.45, 2.75) is 53.2 Å². The van der Waals surface area contributed by atoms with Crippen molar-refractivity contribution >= 4 is 0 Å². The Labute approximate surface area is 118 Å². The molecule has 0 aliphatic carbocycles. The van der Waals surface area contributed by atoms with Gasteiger partial charge in [-0.3, -0.25) is 0 Å². The minimum Gasteiger partial charge on any atom is -0.388 e. The van der Waals surface area contributed by atoms with Crippen LogP contribution in [0.15, 0.2) is 24.3 Å². The number of hydrogen-bond donors (Lipinski definition) is 1. The topological polar surface area (TPSA) is 23.5 Å². The van der Waals surface area contributed by atoms with Crippen LogP contribution in [0.4, 0.5) is 0 Å². The zero-order valence-electron chi connectivity index (χ0n) is 13.1. The van der Waals surface area contributed by atoms with Gasteiger partial charge in [-0.15, -0.1) is 0 Å². The lowest BCUT2D eigenvalue weighted by Gasteiger charge is -2.29. The quantitative estimate of drug-likeness (QED) is 0.809. The van der Waals surface area contributed by atoms with Crippen LogP contribution in [0.3, 0.4) is 0 Å². The van der Waals surface area contributed by atoms with Crippen molar-refractivity contribution in [1.29, 1.82) is 0 Å². The molecule has 0 aliphatic heterocycles. The van der Waals surface area contributed by atoms with Crippen LogP contribution in [-0.4, -0.2) is 29.1 Å². The molecule has 0 aliphatic rings. The molecule has 0 heterocycles. The molecule has 1 atom stereocenters. The van der Waals surface area contributed by atoms with Gasteiger partial charge in [-0.1, -0.05) is 38.1 Å². The molecule has 19 heavy (non-hydrogen) atoms. The van der Waals surface area contributed by atoms with Gasteiger partial charge in [0.2, 0.25) is 0 Å². The van der Waals surface area contributed by atoms with E-state index in [0.29, 0.717) is 12.0 Å². The molecule has 108 valence electrons. The Morgan fingerprint density at radius 2 is 1.74 bits per heavy atom. The van der Waals surface area contributed by atoms with Crippen molar-refractivity contribution in [2.75, 3.05) is 13.1 Å². The summed E-state index contributed by atoms with van der Waals surface area (Å²) < 4.78 is 0. The fourth-order valence-electron chi connectivity index (χ4n) is 2.43. The Bertz CT molecular complexity index is 373. The third kappa shape index (κ3) is 5.33. The Morgan fingerprint density at radius 3 is 2.26 bits per heavy atom. The van der Waals surface area contributed by atoms with Crippen LogP contribution in [0.25, 0.3) is 0 Å². The van der Waals surface area contributed by atoms with E-state index in [1.54, 1.807) is 0 Å². The maximum Gasteiger partial charge on any atom is 0.0804 e. The summed E-state index contributed by atoms with van der Waals surface area (Å²) in [5, 5.41) is 10.3. The summed E-state index contributed by atoms with van der Waals surface area (Å²) in [6.45, 7) is 13.0. The largest absolute Gasteiger partial charge is 0.388 e. The molecule has 1 aromatic rings. The number of nitrogens with zero attached hydrogens (tertiary/aromatic N) is 1. The number of benzene rings is 1. The predicted octanol–water partition coefficient (Wildman–Crippen LogP) is 3.78. The Morgan fingerprint density at radius 1 is 1.11 bits per heavy atom. The highest BCUT2D eigenvalue weighted by Gasteiger charge is 2.15. The zero-order valence-corrected chi connectivity index (χ0v) is 13.1. The second-order valence-electron chi connectivity index (χ2n) is 6.14. The third-order valence-corrected chi connectivity index (χ3v) is 3.57. The van der Waals surface area contributed by atoms with Crippen molar-refractivity contribution in [2.24, 2.45) is 5.92 Å². The lowest BCUT2D eigenvalue weighted by Crippen LogP contribution is -2.35. The molecular weight excluding hydrogens is 234 g/mol. The van der Waals surface area contributed by atoms with E-state index in [9.17, 15) is 5.11 Å². The van der Waals surface area contributed by atoms with Crippen molar-refractivity contribution in [1.82, 2.24) is 4.90 Å². The van der Waals surface area contributed by atoms with Crippen molar-refractivity contribution in [3.05, 3.63) is 35.4 Å². The van der Waals surface area contributed by atoms with Crippen LogP contribution >= 0.6 is 0 Å². The molecule has 2 heteroatoms. The van der Waals surface area contributed by atoms with E-state index < -0.39 is 0 Å². The number of aryl methyl sites for hydroxylation is 1. The highest BCUT2D eigenvalue weighted by molar-refractivity contribution is 5.27. The fraction of sp³-hybridized carbons (Fsp3) is 0.647. The van der Waals surface area contributed by atoms with Gasteiger partial charge in [-0.05, 0) is 44.2 Å². The van der Waals surface area contributed by atoms with Gasteiger partial charge in [0.1, 0.15) is 0 Å². The average Bonchev–Trinajstić information content (AvgIpc) is 2.34. The molecule has 0 bridgehead atoms. The van der Waals surface area contributed by atoms with Gasteiger partial charge in [0, 0.05) is 19.1 Å². The summed E-state index contributed by atoms with van der Waals surface area (Å²) in [5.41, 5.74) is 2.24. The van der Waals surface area contributed by atoms with Crippen LogP contribution in [0, 0.1) is 12.8 Å². The summed E-state index contributed by atoms with van der Waals surface area (Å²) in [5.74, 6) is 0.665. The summed E-state index contributed by atoms with van der Waals surface area (Å²) in [7, 11) is 0. The molecule has 0 fully saturated rings. The molecule has 1 N–H and O–H groups in total. The van der Waals surface area contributed by atoms with Gasteiger partial charge in [0.05, 0.1) is 6.10 Å². The Kier molecular flexibility index (Phi) is 6.53. The lowest BCUT2D eigenvalue weighted by molar-refractivity contribution is 0.123. The summed E-state index contributed by atoms with van der Waals surface area (Å²) in [4.78, 5) is 2.45. The van der Waals surface area contributed by atoms with Crippen molar-refractivity contribution < 1.29 is 5.11 Å². The van der Waals surface area contributed by atoms with E-state index >= 15 is 0 Å². The van der Waals surface area contributed by atoms with Crippen LogP contribution < -0.4 is 0 Å². The first kappa shape index (κ1) is 16.2. The van der Waals surface area contributed by atoms with E-state index in [0.717, 1.165) is 25.1 Å². The van der Waals surface area contributed by atoms with Crippen molar-refractivity contribution in [3.8, 4) is 0 Å². The molecule has 1 aromatic carbocycles. The van der Waals surface area contributed by atoms with Crippen LogP contribution in [0.1, 0.15) is 51.3 Å². The molecule has 0 saturated carbocycles. The van der Waals surface area contributed by atoms with Gasteiger partial charge < -0.3 is 10.0 Å². The first-order valence-corrected chi connectivity index (χ1v) is 7.39. The second kappa shape index (κ2) is 7.66. The van der Waals surface area contributed by atoms with Gasteiger partial charge in [-0.25, -0.2) is 0 Å². The molecule has 0 amide bonds. The summed E-state index contributed by atoms with van der Waals surface area (Å²) in [6, 6.07) is 8.64. The number of aliphatic hydroxyl groups is 1. The molecular formula is C17H29NO. The maximum absolute atomic E-state index is 10.3. The Hall–Kier alpha value is -0.860. The number of rotatable bonds is 7. The van der Waals surface area contributed by atoms with E-state index in [4.69, 9.17) is 0 Å². The first-order valence-electron chi connectivity index (χ1n) is 7.39. The highest BCUT2D eigenvalue weighted by atomic mass is 16.3. The minimum absolute atomic E-state index is 0.352. The number of hydrogen-bond acceptors (Lipinski definition) is 2. The number of aliphatic hydroxyl groups excluding tert-OH is 1. The lowest BCUT2D eigenvalue weighted by atomic mass is 10.0. The highest BCUT2D eigenvalue weighted by Crippen LogP contribution is 2.21. The smallest absolute Gasteiger partial charge is 0.0804 e. The van der Waals surface area contributed by atoms with Gasteiger partial charge in [-0.2, -0.15) is 0 Å². The third-order valence-electron chi connectivity index (χ3n) is 3.57. The minimum atomic E-state index is -0.352. The van der Waals surface area contributed by atoms with E-state index in [2.05, 4.69) is 45.6 Å². The van der Waals surface area contributed by atoms with Crippen molar-refractivity contribution in [3.63, 3.8) is 0 Å². The van der Waals surface area contributed by atoms with Gasteiger partial charge in [0.25, 0.3) is 0 Å². The standard InChI is InChI=1S/C17H29NO/c1-13(2)12-18(14(3)4)11-10-17(19)16-9-7-6-8-15(16)5/h6-9,13-14,17,19H,10-12H2,1-5H3. The molecule has 2 nitrogen and oxygen atoms in total. The molecule has 1 unspecified atom stereocenters. The monoisotopic (exact) mass is 263 g/mol. The Balaban J connectivity index is 2.57. The zero-order chi connectivity index (χ0) is 14.4. The van der Waals surface area contributed by atoms with E-state index in [-0.39, 0.29) is 6.10 Å². The van der Waals surface area contributed by atoms with Crippen LogP contribution in [0.5, 0.6) is 0 Å². The second-order valence-corrected chi connectivity index (χ2v) is 6.14. The molecule has 0 radical (unpaired) electrons. The van der Waals surface area contributed by atoms with Gasteiger partial charge >= 0.3 is 0 Å². The van der Waals surface area contributed by atoms with Crippen LogP contribution in [0.2, 0.25) is 0 Å². The van der Waals surface area contributed by atoms with Crippen LogP contribution in [-0.2, 0) is 0 Å². The summed E-state index contributed by atoms with van der Waals surface area (Å²) >= 11 is 0. The molecule has 0 aromatic heterocycles. The molecule has 1 rings (SSSR count). The maximum atomic E-state index is 10.3. The first-order chi connectivity index (χ1) is 8.91. The summed E-state index contributed by atoms with van der Waals surface area (Å²) in [6.07, 6.45) is 0.449. The molecule has 0 spiro atoms. The predicted molar refractivity (Wildman–Crippen MR) is 82.3 cm³/mol. The SMILES string of the molecule is Cc1ccccc1C(O)CCN(CC(C)C)C(C)C. The van der Waals surface area contributed by atoms with Gasteiger partial charge in [0.15, 0.2) is 0 Å². The fourth-order valence-corrected chi connectivity index (χ4v) is 2.43. The average molecular weight is 263 g/mol.